The van der Waals surface area contributed by atoms with Crippen molar-refractivity contribution in [2.75, 3.05) is 39.5 Å². The van der Waals surface area contributed by atoms with Gasteiger partial charge < -0.3 is 100 Å². The number of fused-ring (bicyclic) bond motifs is 7. The third-order valence-electron chi connectivity index (χ3n) is 21.6. The SMILES string of the molecule is C/C1=C2/[N-][C@H]([C@H](CC(N)=O)[C@@]2(C)CCC(=O)NC[C@@H](C)OP(=O)([O-])O[C@H]2[C@@H](O)[C@@H](n3cnc4cc(C)c(C)cc43)O[C@@H]2COC(=O)NCCOCCN=[N+]=[N-])[C@]2(C)N=C(/C(C)=C3N=C(/C=C4N=C1[C@@H](CCC(N)=O)C\4(C)C)[C@@H](CCC(N)=O)[C@]\3(C)CC(N)=O)[C@@H](CCC(N)=O)[C@]2(C)CC(N)=O.[C-]#N.[Co+3]. The Labute approximate surface area is 613 Å². The summed E-state index contributed by atoms with van der Waals surface area (Å²) in [6.45, 7) is 23.8. The predicted octanol–water partition coefficient (Wildman–Crippen LogP) is 4.47. The van der Waals surface area contributed by atoms with Gasteiger partial charge in [-0.1, -0.05) is 45.8 Å². The van der Waals surface area contributed by atoms with E-state index in [1.54, 1.807) is 20.8 Å². The van der Waals surface area contributed by atoms with Gasteiger partial charge in [0.2, 0.25) is 41.4 Å². The molecular formula is C68H96CoN18O16P. The molecule has 0 spiro atoms. The van der Waals surface area contributed by atoms with Crippen molar-refractivity contribution >= 4 is 83.4 Å². The summed E-state index contributed by atoms with van der Waals surface area (Å²) in [5, 5.41) is 32.4. The maximum Gasteiger partial charge on any atom is 3.00 e. The minimum atomic E-state index is -5.48. The van der Waals surface area contributed by atoms with Crippen LogP contribution in [0.5, 0.6) is 0 Å². The van der Waals surface area contributed by atoms with Gasteiger partial charge in [0.1, 0.15) is 24.9 Å². The summed E-state index contributed by atoms with van der Waals surface area (Å²) in [7, 11) is -5.48. The van der Waals surface area contributed by atoms with Crippen molar-refractivity contribution in [3.05, 3.63) is 86.2 Å². The van der Waals surface area contributed by atoms with E-state index in [2.05, 4.69) is 25.6 Å². The van der Waals surface area contributed by atoms with Gasteiger partial charge in [-0.2, -0.15) is 5.70 Å². The number of aromatic nitrogens is 2. The molecule has 1 unspecified atom stereocenters. The van der Waals surface area contributed by atoms with Crippen molar-refractivity contribution in [2.24, 2.45) is 99.8 Å². The molecule has 34 nitrogen and oxygen atoms in total. The maximum atomic E-state index is 14.5. The van der Waals surface area contributed by atoms with E-state index in [0.717, 1.165) is 11.1 Å². The minimum absolute atomic E-state index is 0. The molecule has 2 aromatic rings. The number of aliphatic hydroxyl groups is 1. The van der Waals surface area contributed by atoms with Crippen molar-refractivity contribution in [3.8, 4) is 0 Å². The summed E-state index contributed by atoms with van der Waals surface area (Å²) in [4.78, 5) is 144. The number of nitrogens with two attached hydrogens (primary N) is 6. The molecule has 2 saturated heterocycles. The Bertz CT molecular complexity index is 4000. The number of azide groups is 1. The molecule has 568 valence electrons. The summed E-state index contributed by atoms with van der Waals surface area (Å²) in [6.07, 6.45) is -6.57. The van der Waals surface area contributed by atoms with E-state index in [1.165, 1.54) is 17.8 Å². The van der Waals surface area contributed by atoms with Crippen LogP contribution >= 0.6 is 7.82 Å². The first-order valence-corrected chi connectivity index (χ1v) is 35.5. The third-order valence-corrected chi connectivity index (χ3v) is 22.7. The van der Waals surface area contributed by atoms with Crippen LogP contribution in [0.4, 0.5) is 4.79 Å². The van der Waals surface area contributed by atoms with E-state index < -0.39 is 156 Å². The van der Waals surface area contributed by atoms with Gasteiger partial charge in [-0.25, -0.2) is 9.78 Å². The Morgan fingerprint density at radius 3 is 2.05 bits per heavy atom. The Kier molecular flexibility index (Phi) is 27.8. The second-order valence-corrected chi connectivity index (χ2v) is 30.2. The fourth-order valence-electron chi connectivity index (χ4n) is 16.0. The van der Waals surface area contributed by atoms with Gasteiger partial charge in [0.05, 0.1) is 47.9 Å². The summed E-state index contributed by atoms with van der Waals surface area (Å²) in [5.41, 5.74) is 44.8. The summed E-state index contributed by atoms with van der Waals surface area (Å²) in [5.74, 6) is -7.64. The smallest absolute Gasteiger partial charge is 0.756 e. The molecule has 8 amide bonds. The zero-order valence-corrected chi connectivity index (χ0v) is 62.3. The van der Waals surface area contributed by atoms with Crippen molar-refractivity contribution in [1.29, 1.82) is 5.26 Å². The maximum absolute atomic E-state index is 14.5. The van der Waals surface area contributed by atoms with Crippen LogP contribution in [-0.2, 0) is 78.2 Å². The number of allylic oxidation sites excluding steroid dienone is 6. The summed E-state index contributed by atoms with van der Waals surface area (Å²) >= 11 is 0. The second-order valence-electron chi connectivity index (χ2n) is 28.9. The van der Waals surface area contributed by atoms with E-state index >= 15 is 0 Å². The molecule has 1 aromatic carbocycles. The number of primary amides is 6. The molecule has 0 radical (unpaired) electrons. The van der Waals surface area contributed by atoms with Crippen molar-refractivity contribution < 1.29 is 93.0 Å². The fourth-order valence-corrected chi connectivity index (χ4v) is 17.1. The molecule has 8 bridgehead atoms. The van der Waals surface area contributed by atoms with Crippen LogP contribution in [0.3, 0.4) is 0 Å². The van der Waals surface area contributed by atoms with E-state index in [0.29, 0.717) is 56.4 Å². The van der Waals surface area contributed by atoms with Crippen LogP contribution in [0.15, 0.2) is 72.9 Å². The third kappa shape index (κ3) is 18.1. The first kappa shape index (κ1) is 84.5. The number of nitrogens with one attached hydrogen (secondary N) is 2. The summed E-state index contributed by atoms with van der Waals surface area (Å²) < 4.78 is 43.5. The number of hydrogen-bond donors (Lipinski definition) is 9. The largest absolute Gasteiger partial charge is 3.00 e. The fraction of sp³-hybridized carbons (Fsp3) is 0.632. The molecule has 7 heterocycles. The monoisotopic (exact) mass is 1510 g/mol. The topological polar surface area (TPSA) is 565 Å². The standard InChI is InChI=1S/C67H98N17O16P.CN.Co/c1-33-24-43-44(25-34(33)2)84(32-77-43)61-56(92)57(45(98-61)31-97-62(93)75-20-22-96-23-21-78-83-74)100-101(94,95)99-35(3)30-76-53(91)18-19-64(8)41(26-50(71)88)60-67(11)66(10,29-52(73)90)40(14-17-49(70)87)55(82-67)37(5)59-65(9,28-51(72)89)38(12-15-47(68)85)42(79-59)27-46-63(6,7)39(13-16-48(69)86)54(80-46)36(4)58(64)81-60;1-2;/h24-25,27,32,35,38-41,45,56-57,60-61,92H,12-23,26,28-31H2,1-11H3,(H16,68,69,70,71,72,73,75,76,79,80,81,82,85,86,87,88,89,90,91,93,94,95);;/q;-1;+3/p-2/t35-,38-,39-,40-,41+,45-,56-,57-,60-,61+,64-,65+,66+,67+;;/m1../s1. The zero-order chi connectivity index (χ0) is 76.6. The zero-order valence-electron chi connectivity index (χ0n) is 60.4. The van der Waals surface area contributed by atoms with Gasteiger partial charge >= 0.3 is 22.9 Å². The predicted molar refractivity (Wildman–Crippen MR) is 374 cm³/mol. The number of aryl methyl sites for hydroxylation is 2. The van der Waals surface area contributed by atoms with Gasteiger partial charge in [-0.05, 0) is 125 Å². The quantitative estimate of drug-likeness (QED) is 0.0119. The Morgan fingerprint density at radius 1 is 0.827 bits per heavy atom. The van der Waals surface area contributed by atoms with Gasteiger partial charge in [0.25, 0.3) is 7.82 Å². The Morgan fingerprint density at radius 2 is 1.44 bits per heavy atom. The number of phosphoric ester groups is 1. The number of aliphatic hydroxyl groups excluding tert-OH is 1. The second kappa shape index (κ2) is 34.2. The minimum Gasteiger partial charge on any atom is -0.756 e. The van der Waals surface area contributed by atoms with E-state index in [4.69, 9.17) is 95.3 Å². The molecule has 1 aromatic heterocycles. The first-order valence-electron chi connectivity index (χ1n) is 34.0. The number of hydrogen-bond acceptors (Lipinski definition) is 22. The molecule has 6 aliphatic rings. The molecule has 2 fully saturated rings. The molecule has 0 aliphatic carbocycles. The van der Waals surface area contributed by atoms with Crippen LogP contribution < -0.4 is 49.9 Å². The van der Waals surface area contributed by atoms with Crippen LogP contribution in [0.25, 0.3) is 26.8 Å². The van der Waals surface area contributed by atoms with Crippen molar-refractivity contribution in [1.82, 2.24) is 20.2 Å². The summed E-state index contributed by atoms with van der Waals surface area (Å²) in [6, 6.07) is 2.57. The molecule has 104 heavy (non-hydrogen) atoms. The number of rotatable bonds is 33. The Balaban J connectivity index is 0.00000561. The number of alkyl carbamates (subject to hydrolysis) is 1. The molecule has 6 aliphatic heterocycles. The number of carbonyl (C=O) groups is 8. The average molecular weight is 1510 g/mol. The number of aliphatic imine (C=N–C) groups is 3. The molecule has 8 rings (SSSR count). The number of imidazole rings is 1. The Hall–Kier alpha value is -8.42. The molecule has 15 N–H and O–H groups in total. The van der Waals surface area contributed by atoms with E-state index in [-0.39, 0.29) is 114 Å². The normalized spacial score (nSPS) is 30.7. The van der Waals surface area contributed by atoms with Crippen LogP contribution in [0.1, 0.15) is 150 Å². The number of ether oxygens (including phenoxy) is 3. The first-order chi connectivity index (χ1) is 48.2. The number of benzene rings is 1. The molecule has 15 atom stereocenters. The average Bonchev–Trinajstić information content (AvgIpc) is 1.53. The molecule has 36 heteroatoms. The van der Waals surface area contributed by atoms with Crippen molar-refractivity contribution in [3.63, 3.8) is 0 Å². The number of carbonyl (C=O) groups excluding carboxylic acids is 8. The van der Waals surface area contributed by atoms with Crippen molar-refractivity contribution in [2.45, 2.75) is 189 Å². The van der Waals surface area contributed by atoms with E-state index in [1.807, 2.05) is 66.7 Å². The van der Waals surface area contributed by atoms with E-state index in [9.17, 15) is 52.9 Å². The molecular weight excluding hydrogens is 1410 g/mol. The van der Waals surface area contributed by atoms with Crippen LogP contribution in [0.2, 0.25) is 0 Å². The van der Waals surface area contributed by atoms with Gasteiger partial charge in [-0.3, -0.25) is 53.1 Å². The van der Waals surface area contributed by atoms with Gasteiger partial charge in [0, 0.05) is 126 Å². The van der Waals surface area contributed by atoms with Gasteiger partial charge in [-0.15, -0.1) is 0 Å². The van der Waals surface area contributed by atoms with Gasteiger partial charge in [0.15, 0.2) is 6.23 Å². The number of amides is 8. The number of nitrogens with zero attached hydrogens (tertiary/aromatic N) is 10. The number of phosphoric acid groups is 1. The van der Waals surface area contributed by atoms with Crippen LogP contribution in [-0.4, -0.2) is 155 Å². The molecule has 0 saturated carbocycles. The van der Waals surface area contributed by atoms with Crippen LogP contribution in [0, 0.1) is 71.0 Å².